The standard InChI is InChI=1S/C47H73NO3S2.C38H63NO3S2/c1-17-48(18-2)25-27-49-26-24-46(13,14)41-31-37(30-40(45(10,11)12)42(41)51-33-50-32-35-22-20-19-21-23-35)53-47(15,16)52-36-28-38(43(4,5)6)34(3)39(29-36)44(7,8)9;1-16-39(17-2)19-21-42-20-18-37(12,13)31-25-27(24-30(33(31)41)36(9,10)11)44-38(14,15)43-26-22-28(34(3,4)5)32(40)29(23-26)35(6,7)8/h19-23,28-31H,17-18,24-27,32-33H2,1-16H3;22-25,40-41H,16-21H2,1-15H3. The molecule has 0 atom stereocenters. The van der Waals surface area contributed by atoms with Crippen molar-refractivity contribution in [2.24, 2.45) is 0 Å². The Hall–Kier alpha value is -3.30. The summed E-state index contributed by atoms with van der Waals surface area (Å²) in [5.74, 6) is 1.76. The molecule has 0 unspecified atom stereocenters. The van der Waals surface area contributed by atoms with Crippen LogP contribution in [0.2, 0.25) is 0 Å². The summed E-state index contributed by atoms with van der Waals surface area (Å²) < 4.78 is 24.8. The summed E-state index contributed by atoms with van der Waals surface area (Å²) in [5, 5.41) is 22.9. The first-order valence-electron chi connectivity index (χ1n) is 36.1. The summed E-state index contributed by atoms with van der Waals surface area (Å²) in [5.41, 5.74) is 10.7. The second kappa shape index (κ2) is 35.3. The van der Waals surface area contributed by atoms with Crippen molar-refractivity contribution in [1.29, 1.82) is 0 Å². The van der Waals surface area contributed by atoms with Gasteiger partial charge >= 0.3 is 0 Å². The molecule has 97 heavy (non-hydrogen) atoms. The van der Waals surface area contributed by atoms with E-state index in [1.807, 2.05) is 65.2 Å². The molecule has 8 nitrogen and oxygen atoms in total. The van der Waals surface area contributed by atoms with Gasteiger partial charge in [-0.15, -0.1) is 47.0 Å². The lowest BCUT2D eigenvalue weighted by atomic mass is 9.77. The summed E-state index contributed by atoms with van der Waals surface area (Å²) in [4.78, 5) is 9.69. The summed E-state index contributed by atoms with van der Waals surface area (Å²) in [6, 6.07) is 28.7. The van der Waals surface area contributed by atoms with Crippen LogP contribution in [-0.4, -0.2) is 101 Å². The van der Waals surface area contributed by atoms with E-state index in [1.54, 1.807) is 0 Å². The Labute approximate surface area is 611 Å². The van der Waals surface area contributed by atoms with E-state index >= 15 is 0 Å². The number of likely N-dealkylation sites (N-methyl/N-ethyl adjacent to an activating group) is 2. The molecule has 0 heterocycles. The second-order valence-electron chi connectivity index (χ2n) is 35.1. The smallest absolute Gasteiger partial charge is 0.189 e. The van der Waals surface area contributed by atoms with Crippen molar-refractivity contribution in [2.45, 2.75) is 305 Å². The lowest BCUT2D eigenvalue weighted by molar-refractivity contribution is 0.00285. The molecule has 0 aromatic heterocycles. The van der Waals surface area contributed by atoms with Crippen molar-refractivity contribution in [3.8, 4) is 17.2 Å². The molecule has 5 rings (SSSR count). The molecule has 0 aliphatic heterocycles. The maximum Gasteiger partial charge on any atom is 0.189 e. The number of hydrogen-bond donors (Lipinski definition) is 2. The molecule has 0 fully saturated rings. The fourth-order valence-electron chi connectivity index (χ4n) is 12.4. The zero-order valence-electron chi connectivity index (χ0n) is 67.0. The molecule has 0 spiro atoms. The van der Waals surface area contributed by atoms with Gasteiger partial charge in [0, 0.05) is 79.3 Å². The van der Waals surface area contributed by atoms with Crippen molar-refractivity contribution in [2.75, 3.05) is 72.5 Å². The Balaban J connectivity index is 0.000000420. The molecule has 12 heteroatoms. The highest BCUT2D eigenvalue weighted by Crippen LogP contribution is 2.54. The van der Waals surface area contributed by atoms with Gasteiger partial charge in [-0.3, -0.25) is 0 Å². The van der Waals surface area contributed by atoms with E-state index < -0.39 is 0 Å². The van der Waals surface area contributed by atoms with Crippen LogP contribution in [0.3, 0.4) is 0 Å². The third-order valence-corrected chi connectivity index (χ3v) is 23.3. The zero-order chi connectivity index (χ0) is 73.7. The van der Waals surface area contributed by atoms with Gasteiger partial charge in [-0.05, 0) is 188 Å². The quantitative estimate of drug-likeness (QED) is 0.0252. The van der Waals surface area contributed by atoms with Crippen LogP contribution in [0.1, 0.15) is 276 Å². The van der Waals surface area contributed by atoms with Crippen molar-refractivity contribution in [1.82, 2.24) is 9.80 Å². The van der Waals surface area contributed by atoms with Gasteiger partial charge < -0.3 is 39.0 Å². The molecule has 5 aromatic rings. The van der Waals surface area contributed by atoms with E-state index in [0.29, 0.717) is 31.3 Å². The predicted octanol–water partition coefficient (Wildman–Crippen LogP) is 23.7. The first-order valence-corrected chi connectivity index (χ1v) is 39.4. The van der Waals surface area contributed by atoms with E-state index in [0.717, 1.165) is 109 Å². The minimum Gasteiger partial charge on any atom is -0.507 e. The lowest BCUT2D eigenvalue weighted by Crippen LogP contribution is -2.28. The molecule has 2 N–H and O–H groups in total. The highest BCUT2D eigenvalue weighted by Gasteiger charge is 2.36. The number of phenols is 2. The number of aromatic hydroxyl groups is 2. The maximum atomic E-state index is 11.6. The summed E-state index contributed by atoms with van der Waals surface area (Å²) in [6.45, 7) is 79.4. The minimum atomic E-state index is -0.257. The van der Waals surface area contributed by atoms with E-state index in [4.69, 9.17) is 18.9 Å². The molecule has 0 saturated heterocycles. The number of hydrogen-bond acceptors (Lipinski definition) is 12. The average Bonchev–Trinajstić information content (AvgIpc) is 0.786. The molecule has 5 aromatic carbocycles. The van der Waals surface area contributed by atoms with Gasteiger partial charge in [0.1, 0.15) is 17.2 Å². The molecule has 0 aliphatic rings. The van der Waals surface area contributed by atoms with Crippen LogP contribution in [0.5, 0.6) is 17.2 Å². The van der Waals surface area contributed by atoms with Gasteiger partial charge in [0.2, 0.25) is 0 Å². The summed E-state index contributed by atoms with van der Waals surface area (Å²) in [7, 11) is 0. The first-order chi connectivity index (χ1) is 44.4. The third kappa shape index (κ3) is 26.5. The number of phenolic OH excluding ortho intramolecular Hbond substituents is 2. The van der Waals surface area contributed by atoms with Crippen molar-refractivity contribution in [3.63, 3.8) is 0 Å². The summed E-state index contributed by atoms with van der Waals surface area (Å²) in [6.07, 6.45) is 1.71. The Bertz CT molecular complexity index is 3190. The Morgan fingerprint density at radius 1 is 0.361 bits per heavy atom. The maximum absolute atomic E-state index is 11.6. The molecular weight excluding hydrogens is 1270 g/mol. The Morgan fingerprint density at radius 2 is 0.660 bits per heavy atom. The van der Waals surface area contributed by atoms with Gasteiger partial charge in [0.05, 0.1) is 28.0 Å². The van der Waals surface area contributed by atoms with Gasteiger partial charge in [-0.1, -0.05) is 210 Å². The number of thioether (sulfide) groups is 4. The van der Waals surface area contributed by atoms with Gasteiger partial charge in [0.25, 0.3) is 0 Å². The Kier molecular flexibility index (Phi) is 31.3. The fraction of sp³-hybridized carbons (Fsp3) is 0.647. The van der Waals surface area contributed by atoms with Crippen LogP contribution in [0.4, 0.5) is 0 Å². The van der Waals surface area contributed by atoms with Crippen LogP contribution in [0.25, 0.3) is 0 Å². The van der Waals surface area contributed by atoms with E-state index in [-0.39, 0.29) is 58.3 Å². The monoisotopic (exact) mass is 1410 g/mol. The molecular formula is C85H136N2O6S4. The predicted molar refractivity (Wildman–Crippen MR) is 427 cm³/mol. The number of ether oxygens (including phenoxy) is 4. The molecule has 0 amide bonds. The molecule has 0 radical (unpaired) electrons. The van der Waals surface area contributed by atoms with Crippen molar-refractivity contribution < 1.29 is 29.2 Å². The fourth-order valence-corrected chi connectivity index (χ4v) is 17.5. The second-order valence-corrected chi connectivity index (χ2v) is 42.4. The lowest BCUT2D eigenvalue weighted by Gasteiger charge is -2.34. The molecule has 0 bridgehead atoms. The first kappa shape index (κ1) is 86.1. The van der Waals surface area contributed by atoms with Crippen LogP contribution < -0.4 is 4.74 Å². The van der Waals surface area contributed by atoms with Gasteiger partial charge in [-0.25, -0.2) is 0 Å². The minimum absolute atomic E-state index is 0.0653. The Morgan fingerprint density at radius 3 is 1.00 bits per heavy atom. The van der Waals surface area contributed by atoms with Gasteiger partial charge in [0.15, 0.2) is 6.79 Å². The van der Waals surface area contributed by atoms with E-state index in [1.165, 1.54) is 37.6 Å². The molecule has 0 aliphatic carbocycles. The van der Waals surface area contributed by atoms with Crippen LogP contribution in [0, 0.1) is 6.92 Å². The van der Waals surface area contributed by atoms with E-state index in [2.05, 4.69) is 285 Å². The normalized spacial score (nSPS) is 13.4. The zero-order valence-corrected chi connectivity index (χ0v) is 70.2. The SMILES string of the molecule is CCN(CC)CCOCCC(C)(C)c1cc(SC(C)(C)Sc2cc(C(C)(C)C)c(C)c(C(C)(C)C)c2)cc(C(C)(C)C)c1OCOCc1ccccc1.CCN(CC)CCOCCC(C)(C)c1cc(SC(C)(C)Sc2cc(C(C)(C)C)c(O)c(C(C)(C)C)c2)cc(C(C)(C)C)c1O. The van der Waals surface area contributed by atoms with E-state index in [9.17, 15) is 10.2 Å². The van der Waals surface area contributed by atoms with Crippen LogP contribution in [0.15, 0.2) is 98.4 Å². The largest absolute Gasteiger partial charge is 0.507 e. The van der Waals surface area contributed by atoms with Crippen molar-refractivity contribution >= 4 is 47.0 Å². The van der Waals surface area contributed by atoms with Crippen molar-refractivity contribution in [3.05, 3.63) is 134 Å². The van der Waals surface area contributed by atoms with Crippen LogP contribution in [-0.2, 0) is 64.1 Å². The molecule has 0 saturated carbocycles. The van der Waals surface area contributed by atoms with Crippen LogP contribution >= 0.6 is 47.0 Å². The summed E-state index contributed by atoms with van der Waals surface area (Å²) >= 11 is 7.58. The highest BCUT2D eigenvalue weighted by molar-refractivity contribution is 8.18. The van der Waals surface area contributed by atoms with Gasteiger partial charge in [-0.2, -0.15) is 0 Å². The molecule has 546 valence electrons. The average molecular weight is 1410 g/mol. The number of rotatable bonds is 31. The topological polar surface area (TPSA) is 83.9 Å². The number of nitrogens with zero attached hydrogens (tertiary/aromatic N) is 2. The number of benzene rings is 5. The highest BCUT2D eigenvalue weighted by atomic mass is 32.2. The third-order valence-electron chi connectivity index (χ3n) is 18.4.